The lowest BCUT2D eigenvalue weighted by atomic mass is 10.0. The number of aromatic nitrogens is 1. The van der Waals surface area contributed by atoms with E-state index in [2.05, 4.69) is 36.2 Å². The molecule has 0 bridgehead atoms. The summed E-state index contributed by atoms with van der Waals surface area (Å²) in [6, 6.07) is 8.66. The van der Waals surface area contributed by atoms with Crippen LogP contribution in [0.3, 0.4) is 0 Å². The van der Waals surface area contributed by atoms with Crippen LogP contribution in [0.5, 0.6) is 0 Å². The molecule has 2 heteroatoms. The van der Waals surface area contributed by atoms with E-state index in [1.807, 2.05) is 0 Å². The third-order valence-corrected chi connectivity index (χ3v) is 3.12. The van der Waals surface area contributed by atoms with Crippen LogP contribution in [-0.2, 0) is 5.54 Å². The number of nitrogens with one attached hydrogen (secondary N) is 1. The van der Waals surface area contributed by atoms with E-state index in [0.29, 0.717) is 0 Å². The number of hydrogen-bond donors (Lipinski definition) is 2. The Bertz CT molecular complexity index is 492. The average Bonchev–Trinajstić information content (AvgIpc) is 2.79. The highest BCUT2D eigenvalue weighted by molar-refractivity contribution is 5.81. The molecule has 1 saturated carbocycles. The Morgan fingerprint density at radius 2 is 2.07 bits per heavy atom. The minimum Gasteiger partial charge on any atom is -0.359 e. The van der Waals surface area contributed by atoms with Crippen LogP contribution in [0.2, 0.25) is 0 Å². The van der Waals surface area contributed by atoms with Crippen molar-refractivity contribution in [2.45, 2.75) is 25.3 Å². The van der Waals surface area contributed by atoms with Gasteiger partial charge in [0.1, 0.15) is 0 Å². The van der Waals surface area contributed by atoms with Crippen molar-refractivity contribution in [3.63, 3.8) is 0 Å². The summed E-state index contributed by atoms with van der Waals surface area (Å²) in [4.78, 5) is 3.32. The van der Waals surface area contributed by atoms with Crippen LogP contribution in [0.25, 0.3) is 10.9 Å². The number of H-pyrrole nitrogens is 1. The minimum atomic E-state index is -0.0145. The van der Waals surface area contributed by atoms with E-state index >= 15 is 0 Å². The fraction of sp³-hybridized carbons (Fsp3) is 0.333. The second kappa shape index (κ2) is 2.39. The third-order valence-electron chi connectivity index (χ3n) is 3.12. The Morgan fingerprint density at radius 3 is 2.79 bits per heavy atom. The Morgan fingerprint density at radius 1 is 1.29 bits per heavy atom. The second-order valence-electron chi connectivity index (χ2n) is 4.41. The molecule has 0 saturated heterocycles. The van der Waals surface area contributed by atoms with E-state index in [1.165, 1.54) is 22.2 Å². The van der Waals surface area contributed by atoms with Crippen molar-refractivity contribution in [2.24, 2.45) is 5.73 Å². The van der Waals surface area contributed by atoms with Crippen molar-refractivity contribution in [3.05, 3.63) is 35.5 Å². The molecule has 0 aliphatic heterocycles. The number of aryl methyl sites for hydroxylation is 1. The first-order valence-electron chi connectivity index (χ1n) is 5.06. The van der Waals surface area contributed by atoms with Gasteiger partial charge >= 0.3 is 0 Å². The van der Waals surface area contributed by atoms with E-state index in [9.17, 15) is 0 Å². The van der Waals surface area contributed by atoms with Crippen molar-refractivity contribution >= 4 is 10.9 Å². The van der Waals surface area contributed by atoms with Gasteiger partial charge in [-0.05, 0) is 48.9 Å². The zero-order valence-corrected chi connectivity index (χ0v) is 8.30. The lowest BCUT2D eigenvalue weighted by molar-refractivity contribution is 0.741. The quantitative estimate of drug-likeness (QED) is 0.705. The SMILES string of the molecule is Cc1cc2cc(C3(N)CC3)ccc2[nH]1. The van der Waals surface area contributed by atoms with Crippen molar-refractivity contribution in [1.82, 2.24) is 4.98 Å². The topological polar surface area (TPSA) is 41.8 Å². The number of aromatic amines is 1. The largest absolute Gasteiger partial charge is 0.359 e. The minimum absolute atomic E-state index is 0.0145. The molecule has 1 aromatic carbocycles. The standard InChI is InChI=1S/C12H14N2/c1-8-6-9-7-10(12(13)4-5-12)2-3-11(9)14-8/h2-3,6-7,14H,4-5,13H2,1H3. The van der Waals surface area contributed by atoms with E-state index in [0.717, 1.165) is 12.8 Å². The number of rotatable bonds is 1. The maximum atomic E-state index is 6.16. The molecule has 0 spiro atoms. The average molecular weight is 186 g/mol. The molecule has 1 heterocycles. The normalized spacial score (nSPS) is 18.7. The molecule has 3 N–H and O–H groups in total. The summed E-state index contributed by atoms with van der Waals surface area (Å²) in [5.74, 6) is 0. The molecule has 1 aliphatic carbocycles. The van der Waals surface area contributed by atoms with Gasteiger partial charge in [0.05, 0.1) is 0 Å². The summed E-state index contributed by atoms with van der Waals surface area (Å²) in [6.45, 7) is 2.08. The van der Waals surface area contributed by atoms with Crippen LogP contribution in [0.1, 0.15) is 24.1 Å². The fourth-order valence-corrected chi connectivity index (χ4v) is 2.01. The Labute approximate surface area is 83.1 Å². The summed E-state index contributed by atoms with van der Waals surface area (Å²) in [5.41, 5.74) is 9.83. The van der Waals surface area contributed by atoms with Gasteiger partial charge in [-0.25, -0.2) is 0 Å². The molecule has 1 aromatic heterocycles. The predicted molar refractivity (Wildman–Crippen MR) is 58.1 cm³/mol. The zero-order valence-electron chi connectivity index (χ0n) is 8.30. The molecule has 14 heavy (non-hydrogen) atoms. The molecule has 2 nitrogen and oxygen atoms in total. The van der Waals surface area contributed by atoms with Gasteiger partial charge in [0.25, 0.3) is 0 Å². The number of fused-ring (bicyclic) bond motifs is 1. The first-order chi connectivity index (χ1) is 6.67. The molecular weight excluding hydrogens is 172 g/mol. The van der Waals surface area contributed by atoms with Crippen LogP contribution >= 0.6 is 0 Å². The van der Waals surface area contributed by atoms with Gasteiger partial charge in [0.2, 0.25) is 0 Å². The summed E-state index contributed by atoms with van der Waals surface area (Å²) < 4.78 is 0. The van der Waals surface area contributed by atoms with E-state index in [4.69, 9.17) is 5.73 Å². The van der Waals surface area contributed by atoms with Gasteiger partial charge in [-0.1, -0.05) is 6.07 Å². The summed E-state index contributed by atoms with van der Waals surface area (Å²) in [6.07, 6.45) is 2.25. The van der Waals surface area contributed by atoms with Crippen molar-refractivity contribution in [3.8, 4) is 0 Å². The smallest absolute Gasteiger partial charge is 0.0456 e. The number of benzene rings is 1. The molecule has 1 aliphatic rings. The fourth-order valence-electron chi connectivity index (χ4n) is 2.01. The molecule has 72 valence electrons. The van der Waals surface area contributed by atoms with Crippen LogP contribution in [0.4, 0.5) is 0 Å². The van der Waals surface area contributed by atoms with Crippen LogP contribution in [0.15, 0.2) is 24.3 Å². The summed E-state index contributed by atoms with van der Waals surface area (Å²) >= 11 is 0. The van der Waals surface area contributed by atoms with E-state index in [1.54, 1.807) is 0 Å². The van der Waals surface area contributed by atoms with E-state index < -0.39 is 0 Å². The molecular formula is C12H14N2. The van der Waals surface area contributed by atoms with Crippen LogP contribution < -0.4 is 5.73 Å². The summed E-state index contributed by atoms with van der Waals surface area (Å²) in [7, 11) is 0. The van der Waals surface area contributed by atoms with Gasteiger partial charge in [-0.2, -0.15) is 0 Å². The molecule has 3 rings (SSSR count). The number of nitrogens with two attached hydrogens (primary N) is 1. The van der Waals surface area contributed by atoms with Gasteiger partial charge in [-0.15, -0.1) is 0 Å². The maximum Gasteiger partial charge on any atom is 0.0456 e. The first kappa shape index (κ1) is 8.06. The number of hydrogen-bond acceptors (Lipinski definition) is 1. The Hall–Kier alpha value is -1.28. The highest BCUT2D eigenvalue weighted by Gasteiger charge is 2.39. The van der Waals surface area contributed by atoms with Gasteiger partial charge in [0.15, 0.2) is 0 Å². The molecule has 1 fully saturated rings. The van der Waals surface area contributed by atoms with E-state index in [-0.39, 0.29) is 5.54 Å². The van der Waals surface area contributed by atoms with Crippen molar-refractivity contribution < 1.29 is 0 Å². The van der Waals surface area contributed by atoms with Gasteiger partial charge in [0, 0.05) is 16.7 Å². The predicted octanol–water partition coefficient (Wildman–Crippen LogP) is 2.42. The highest BCUT2D eigenvalue weighted by Crippen LogP contribution is 2.43. The van der Waals surface area contributed by atoms with Crippen LogP contribution in [-0.4, -0.2) is 4.98 Å². The monoisotopic (exact) mass is 186 g/mol. The first-order valence-corrected chi connectivity index (χ1v) is 5.06. The van der Waals surface area contributed by atoms with Crippen molar-refractivity contribution in [2.75, 3.05) is 0 Å². The van der Waals surface area contributed by atoms with Gasteiger partial charge in [-0.3, -0.25) is 0 Å². The summed E-state index contributed by atoms with van der Waals surface area (Å²) in [5, 5.41) is 1.27. The lowest BCUT2D eigenvalue weighted by Gasteiger charge is -2.08. The molecule has 0 radical (unpaired) electrons. The maximum absolute atomic E-state index is 6.16. The Balaban J connectivity index is 2.19. The second-order valence-corrected chi connectivity index (χ2v) is 4.41. The molecule has 0 unspecified atom stereocenters. The Kier molecular flexibility index (Phi) is 1.38. The van der Waals surface area contributed by atoms with Gasteiger partial charge < -0.3 is 10.7 Å². The van der Waals surface area contributed by atoms with Crippen LogP contribution in [0, 0.1) is 6.92 Å². The molecule has 2 aromatic rings. The highest BCUT2D eigenvalue weighted by atomic mass is 14.8. The van der Waals surface area contributed by atoms with Crippen molar-refractivity contribution in [1.29, 1.82) is 0 Å². The lowest BCUT2D eigenvalue weighted by Crippen LogP contribution is -2.18. The zero-order chi connectivity index (χ0) is 9.76. The third kappa shape index (κ3) is 1.07. The molecule has 0 atom stereocenters. The molecule has 0 amide bonds.